The molecule has 0 radical (unpaired) electrons. The summed E-state index contributed by atoms with van der Waals surface area (Å²) in [5.74, 6) is 1.52. The Labute approximate surface area is 127 Å². The molecule has 21 heavy (non-hydrogen) atoms. The summed E-state index contributed by atoms with van der Waals surface area (Å²) in [6.07, 6.45) is 6.39. The Hall–Kier alpha value is -1.88. The number of imidazole rings is 1. The molecule has 0 aromatic carbocycles. The molecule has 0 atom stereocenters. The van der Waals surface area contributed by atoms with Gasteiger partial charge in [0.15, 0.2) is 11.5 Å². The molecule has 0 spiro atoms. The van der Waals surface area contributed by atoms with Crippen molar-refractivity contribution < 1.29 is 4.74 Å². The van der Waals surface area contributed by atoms with Crippen LogP contribution in [-0.2, 0) is 12.8 Å². The molecule has 1 aliphatic rings. The number of aromatic amines is 1. The summed E-state index contributed by atoms with van der Waals surface area (Å²) in [4.78, 5) is 15.1. The Morgan fingerprint density at radius 1 is 1.14 bits per heavy atom. The van der Waals surface area contributed by atoms with Crippen molar-refractivity contribution in [2.75, 3.05) is 7.11 Å². The number of pyridine rings is 1. The molecule has 4 nitrogen and oxygen atoms in total. The number of nitrogens with zero attached hydrogens (tertiary/aromatic N) is 2. The average molecular weight is 299 g/mol. The van der Waals surface area contributed by atoms with Crippen LogP contribution in [0.25, 0.3) is 21.9 Å². The second kappa shape index (κ2) is 5.15. The minimum Gasteiger partial charge on any atom is -0.481 e. The largest absolute Gasteiger partial charge is 0.481 e. The van der Waals surface area contributed by atoms with Crippen molar-refractivity contribution in [1.29, 1.82) is 0 Å². The molecule has 3 aromatic heterocycles. The van der Waals surface area contributed by atoms with E-state index in [0.29, 0.717) is 11.5 Å². The fourth-order valence-corrected chi connectivity index (χ4v) is 4.09. The molecule has 0 unspecified atom stereocenters. The summed E-state index contributed by atoms with van der Waals surface area (Å²) in [7, 11) is 1.62. The average Bonchev–Trinajstić information content (AvgIpc) is 3.04. The molecule has 0 amide bonds. The Bertz CT molecular complexity index is 767. The summed E-state index contributed by atoms with van der Waals surface area (Å²) in [5, 5.41) is 0. The summed E-state index contributed by atoms with van der Waals surface area (Å²) >= 11 is 1.87. The molecule has 0 aliphatic heterocycles. The molecule has 1 N–H and O–H groups in total. The van der Waals surface area contributed by atoms with Gasteiger partial charge in [-0.05, 0) is 43.4 Å². The standard InChI is InChI=1S/C16H17N3OS/c1-20-14-8-7-11-15(18-14)19-16(17-11)13-9-10-5-3-2-4-6-12(10)21-13/h7-9H,2-6H2,1H3,(H,17,18,19). The number of aromatic nitrogens is 3. The van der Waals surface area contributed by atoms with Gasteiger partial charge < -0.3 is 9.72 Å². The van der Waals surface area contributed by atoms with Crippen LogP contribution in [0.4, 0.5) is 0 Å². The van der Waals surface area contributed by atoms with Crippen LogP contribution >= 0.6 is 11.3 Å². The number of nitrogens with one attached hydrogen (secondary N) is 1. The summed E-state index contributed by atoms with van der Waals surface area (Å²) in [5.41, 5.74) is 3.18. The van der Waals surface area contributed by atoms with Gasteiger partial charge in [0, 0.05) is 10.9 Å². The molecule has 4 rings (SSSR count). The SMILES string of the molecule is COc1ccc2[nH]c(-c3cc4c(s3)CCCCC4)nc2n1. The van der Waals surface area contributed by atoms with Crippen LogP contribution in [0, 0.1) is 0 Å². The monoisotopic (exact) mass is 299 g/mol. The molecule has 0 bridgehead atoms. The quantitative estimate of drug-likeness (QED) is 0.729. The molecular weight excluding hydrogens is 282 g/mol. The van der Waals surface area contributed by atoms with E-state index in [1.807, 2.05) is 23.5 Å². The molecular formula is C16H17N3OS. The zero-order chi connectivity index (χ0) is 14.2. The number of thiophene rings is 1. The summed E-state index contributed by atoms with van der Waals surface area (Å²) in [6.45, 7) is 0. The lowest BCUT2D eigenvalue weighted by molar-refractivity contribution is 0.399. The highest BCUT2D eigenvalue weighted by Crippen LogP contribution is 2.34. The molecule has 3 heterocycles. The number of H-pyrrole nitrogens is 1. The van der Waals surface area contributed by atoms with Crippen LogP contribution < -0.4 is 4.74 Å². The summed E-state index contributed by atoms with van der Waals surface area (Å²) < 4.78 is 5.16. The Morgan fingerprint density at radius 3 is 2.95 bits per heavy atom. The predicted octanol–water partition coefficient (Wildman–Crippen LogP) is 3.96. The first kappa shape index (κ1) is 12.8. The zero-order valence-electron chi connectivity index (χ0n) is 12.0. The Morgan fingerprint density at radius 2 is 2.05 bits per heavy atom. The topological polar surface area (TPSA) is 50.8 Å². The number of rotatable bonds is 2. The Kier molecular flexibility index (Phi) is 3.15. The summed E-state index contributed by atoms with van der Waals surface area (Å²) in [6, 6.07) is 6.13. The van der Waals surface area contributed by atoms with Gasteiger partial charge in [0.2, 0.25) is 5.88 Å². The number of aryl methyl sites for hydroxylation is 2. The van der Waals surface area contributed by atoms with Crippen molar-refractivity contribution in [3.05, 3.63) is 28.6 Å². The number of hydrogen-bond acceptors (Lipinski definition) is 4. The normalized spacial score (nSPS) is 14.9. The Balaban J connectivity index is 1.76. The van der Waals surface area contributed by atoms with Gasteiger partial charge in [0.05, 0.1) is 17.5 Å². The number of hydrogen-bond donors (Lipinski definition) is 1. The maximum absolute atomic E-state index is 5.16. The van der Waals surface area contributed by atoms with Gasteiger partial charge in [-0.3, -0.25) is 0 Å². The van der Waals surface area contributed by atoms with Gasteiger partial charge in [0.25, 0.3) is 0 Å². The second-order valence-corrected chi connectivity index (χ2v) is 6.57. The number of fused-ring (bicyclic) bond motifs is 2. The van der Waals surface area contributed by atoms with Crippen LogP contribution in [0.15, 0.2) is 18.2 Å². The van der Waals surface area contributed by atoms with Gasteiger partial charge in [-0.25, -0.2) is 4.98 Å². The van der Waals surface area contributed by atoms with Crippen molar-refractivity contribution in [1.82, 2.24) is 15.0 Å². The number of ether oxygens (including phenoxy) is 1. The van der Waals surface area contributed by atoms with Crippen molar-refractivity contribution in [2.24, 2.45) is 0 Å². The van der Waals surface area contributed by atoms with Gasteiger partial charge in [-0.2, -0.15) is 4.98 Å². The van der Waals surface area contributed by atoms with Crippen molar-refractivity contribution in [3.8, 4) is 16.6 Å². The van der Waals surface area contributed by atoms with Gasteiger partial charge in [-0.15, -0.1) is 11.3 Å². The molecule has 108 valence electrons. The molecule has 1 aliphatic carbocycles. The fraction of sp³-hybridized carbons (Fsp3) is 0.375. The molecule has 0 saturated carbocycles. The number of methoxy groups -OCH3 is 1. The van der Waals surface area contributed by atoms with E-state index in [-0.39, 0.29) is 0 Å². The third-order valence-electron chi connectivity index (χ3n) is 4.01. The van der Waals surface area contributed by atoms with E-state index >= 15 is 0 Å². The first-order valence-electron chi connectivity index (χ1n) is 7.36. The molecule has 0 saturated heterocycles. The minimum atomic E-state index is 0.600. The van der Waals surface area contributed by atoms with Crippen LogP contribution in [0.3, 0.4) is 0 Å². The lowest BCUT2D eigenvalue weighted by Gasteiger charge is -1.95. The van der Waals surface area contributed by atoms with E-state index in [0.717, 1.165) is 11.3 Å². The zero-order valence-corrected chi connectivity index (χ0v) is 12.8. The first-order chi connectivity index (χ1) is 10.3. The third-order valence-corrected chi connectivity index (χ3v) is 5.25. The maximum Gasteiger partial charge on any atom is 0.215 e. The predicted molar refractivity (Wildman–Crippen MR) is 85.0 cm³/mol. The van der Waals surface area contributed by atoms with Crippen LogP contribution in [0.1, 0.15) is 29.7 Å². The van der Waals surface area contributed by atoms with Gasteiger partial charge >= 0.3 is 0 Å². The van der Waals surface area contributed by atoms with Crippen molar-refractivity contribution in [3.63, 3.8) is 0 Å². The van der Waals surface area contributed by atoms with Crippen molar-refractivity contribution in [2.45, 2.75) is 32.1 Å². The second-order valence-electron chi connectivity index (χ2n) is 5.43. The third kappa shape index (κ3) is 2.31. The smallest absolute Gasteiger partial charge is 0.215 e. The molecule has 0 fully saturated rings. The van der Waals surface area contributed by atoms with Gasteiger partial charge in [-0.1, -0.05) is 6.42 Å². The highest BCUT2D eigenvalue weighted by molar-refractivity contribution is 7.15. The molecule has 5 heteroatoms. The van der Waals surface area contributed by atoms with E-state index in [9.17, 15) is 0 Å². The van der Waals surface area contributed by atoms with Crippen molar-refractivity contribution >= 4 is 22.5 Å². The van der Waals surface area contributed by atoms with E-state index < -0.39 is 0 Å². The maximum atomic E-state index is 5.16. The van der Waals surface area contributed by atoms with E-state index in [2.05, 4.69) is 21.0 Å². The van der Waals surface area contributed by atoms with E-state index in [1.54, 1.807) is 7.11 Å². The minimum absolute atomic E-state index is 0.600. The highest BCUT2D eigenvalue weighted by atomic mass is 32.1. The fourth-order valence-electron chi connectivity index (χ4n) is 2.89. The van der Waals surface area contributed by atoms with E-state index in [1.165, 1.54) is 47.4 Å². The van der Waals surface area contributed by atoms with Crippen LogP contribution in [-0.4, -0.2) is 22.1 Å². The van der Waals surface area contributed by atoms with E-state index in [4.69, 9.17) is 4.74 Å². The van der Waals surface area contributed by atoms with Gasteiger partial charge in [0.1, 0.15) is 0 Å². The highest BCUT2D eigenvalue weighted by Gasteiger charge is 2.15. The lowest BCUT2D eigenvalue weighted by atomic mass is 10.1. The molecule has 3 aromatic rings. The lowest BCUT2D eigenvalue weighted by Crippen LogP contribution is -1.86. The van der Waals surface area contributed by atoms with Crippen LogP contribution in [0.5, 0.6) is 5.88 Å². The van der Waals surface area contributed by atoms with Crippen LogP contribution in [0.2, 0.25) is 0 Å². The first-order valence-corrected chi connectivity index (χ1v) is 8.18.